The molecular formula is C11H21NO4S. The molecule has 0 aromatic rings. The van der Waals surface area contributed by atoms with E-state index in [0.29, 0.717) is 5.92 Å². The Hall–Kier alpha value is -0.620. The van der Waals surface area contributed by atoms with Gasteiger partial charge in [-0.1, -0.05) is 32.1 Å². The van der Waals surface area contributed by atoms with Crippen molar-refractivity contribution in [2.75, 3.05) is 12.8 Å². The Bertz CT molecular complexity index is 346. The van der Waals surface area contributed by atoms with Gasteiger partial charge in [-0.3, -0.25) is 4.79 Å². The summed E-state index contributed by atoms with van der Waals surface area (Å²) in [5.74, 6) is -0.590. The molecule has 0 aromatic heterocycles. The number of carboxylic acid groups (broad SMARTS) is 1. The smallest absolute Gasteiger partial charge is 0.303 e. The van der Waals surface area contributed by atoms with Crippen LogP contribution < -0.4 is 4.72 Å². The van der Waals surface area contributed by atoms with Crippen molar-refractivity contribution < 1.29 is 18.3 Å². The molecule has 1 aliphatic carbocycles. The molecule has 17 heavy (non-hydrogen) atoms. The van der Waals surface area contributed by atoms with Gasteiger partial charge in [0.2, 0.25) is 10.0 Å². The number of hydrogen-bond donors (Lipinski definition) is 2. The van der Waals surface area contributed by atoms with E-state index < -0.39 is 16.0 Å². The first-order valence-electron chi connectivity index (χ1n) is 6.05. The highest BCUT2D eigenvalue weighted by Crippen LogP contribution is 2.31. The van der Waals surface area contributed by atoms with E-state index in [1.54, 1.807) is 0 Å². The molecule has 0 aromatic carbocycles. The van der Waals surface area contributed by atoms with Crippen molar-refractivity contribution in [3.05, 3.63) is 0 Å². The zero-order valence-electron chi connectivity index (χ0n) is 10.2. The molecular weight excluding hydrogens is 242 g/mol. The molecule has 0 amide bonds. The fourth-order valence-corrected chi connectivity index (χ4v) is 3.01. The molecule has 1 saturated carbocycles. The molecule has 0 bridgehead atoms. The lowest BCUT2D eigenvalue weighted by Gasteiger charge is -2.29. The second kappa shape index (κ2) is 6.35. The summed E-state index contributed by atoms with van der Waals surface area (Å²) in [6, 6.07) is 0. The lowest BCUT2D eigenvalue weighted by molar-refractivity contribution is -0.138. The van der Waals surface area contributed by atoms with E-state index >= 15 is 0 Å². The number of sulfonamides is 1. The standard InChI is InChI=1S/C11H21NO4S/c1-17(15,16)12-8-10(7-11(13)14)9-5-3-2-4-6-9/h9-10,12H,2-8H2,1H3,(H,13,14). The first-order valence-corrected chi connectivity index (χ1v) is 7.94. The largest absolute Gasteiger partial charge is 0.481 e. The summed E-state index contributed by atoms with van der Waals surface area (Å²) >= 11 is 0. The molecule has 0 saturated heterocycles. The Labute approximate surface area is 103 Å². The van der Waals surface area contributed by atoms with Crippen molar-refractivity contribution in [1.29, 1.82) is 0 Å². The SMILES string of the molecule is CS(=O)(=O)NCC(CC(=O)O)C1CCCCC1. The Morgan fingerprint density at radius 3 is 2.41 bits per heavy atom. The molecule has 6 heteroatoms. The highest BCUT2D eigenvalue weighted by atomic mass is 32.2. The zero-order valence-corrected chi connectivity index (χ0v) is 11.0. The van der Waals surface area contributed by atoms with Crippen LogP contribution >= 0.6 is 0 Å². The van der Waals surface area contributed by atoms with Crippen LogP contribution in [-0.4, -0.2) is 32.3 Å². The lowest BCUT2D eigenvalue weighted by Crippen LogP contribution is -2.34. The van der Waals surface area contributed by atoms with E-state index in [1.807, 2.05) is 0 Å². The highest BCUT2D eigenvalue weighted by molar-refractivity contribution is 7.88. The molecule has 1 aliphatic rings. The maximum atomic E-state index is 11.0. The van der Waals surface area contributed by atoms with Gasteiger partial charge in [0.1, 0.15) is 0 Å². The van der Waals surface area contributed by atoms with Gasteiger partial charge in [-0.2, -0.15) is 0 Å². The summed E-state index contributed by atoms with van der Waals surface area (Å²) in [5, 5.41) is 8.87. The molecule has 0 heterocycles. The molecule has 5 nitrogen and oxygen atoms in total. The average Bonchev–Trinajstić information content (AvgIpc) is 2.24. The van der Waals surface area contributed by atoms with E-state index in [4.69, 9.17) is 5.11 Å². The molecule has 1 atom stereocenters. The number of carbonyl (C=O) groups is 1. The normalized spacial score (nSPS) is 20.1. The number of carboxylic acids is 1. The van der Waals surface area contributed by atoms with Crippen LogP contribution in [0.2, 0.25) is 0 Å². The minimum absolute atomic E-state index is 0.0488. The summed E-state index contributed by atoms with van der Waals surface area (Å²) in [4.78, 5) is 10.8. The van der Waals surface area contributed by atoms with E-state index in [1.165, 1.54) is 6.42 Å². The molecule has 2 N–H and O–H groups in total. The van der Waals surface area contributed by atoms with Crippen molar-refractivity contribution in [2.24, 2.45) is 11.8 Å². The third-order valence-electron chi connectivity index (χ3n) is 3.36. The Morgan fingerprint density at radius 2 is 1.94 bits per heavy atom. The van der Waals surface area contributed by atoms with Gasteiger partial charge in [0.05, 0.1) is 6.26 Å². The van der Waals surface area contributed by atoms with Crippen LogP contribution in [0.3, 0.4) is 0 Å². The van der Waals surface area contributed by atoms with Gasteiger partial charge in [0.15, 0.2) is 0 Å². The zero-order chi connectivity index (χ0) is 12.9. The minimum atomic E-state index is -3.24. The van der Waals surface area contributed by atoms with Gasteiger partial charge in [0.25, 0.3) is 0 Å². The summed E-state index contributed by atoms with van der Waals surface area (Å²) in [6.45, 7) is 0.246. The van der Waals surface area contributed by atoms with Crippen LogP contribution in [0.5, 0.6) is 0 Å². The van der Waals surface area contributed by atoms with Crippen molar-refractivity contribution in [3.63, 3.8) is 0 Å². The van der Waals surface area contributed by atoms with Crippen LogP contribution in [0.15, 0.2) is 0 Å². The van der Waals surface area contributed by atoms with Crippen LogP contribution in [0, 0.1) is 11.8 Å². The van der Waals surface area contributed by atoms with Gasteiger partial charge in [0, 0.05) is 13.0 Å². The van der Waals surface area contributed by atoms with E-state index in [0.717, 1.165) is 31.9 Å². The monoisotopic (exact) mass is 263 g/mol. The summed E-state index contributed by atoms with van der Waals surface area (Å²) in [5.41, 5.74) is 0. The predicted octanol–water partition coefficient (Wildman–Crippen LogP) is 1.21. The van der Waals surface area contributed by atoms with Gasteiger partial charge in [-0.25, -0.2) is 13.1 Å². The fraction of sp³-hybridized carbons (Fsp3) is 0.909. The molecule has 1 rings (SSSR count). The first-order chi connectivity index (χ1) is 7.88. The number of aliphatic carboxylic acids is 1. The molecule has 0 spiro atoms. The molecule has 100 valence electrons. The second-order valence-corrected chi connectivity index (χ2v) is 6.71. The fourth-order valence-electron chi connectivity index (χ4n) is 2.49. The maximum absolute atomic E-state index is 11.0. The molecule has 1 unspecified atom stereocenters. The number of rotatable bonds is 6. The average molecular weight is 263 g/mol. The van der Waals surface area contributed by atoms with Gasteiger partial charge in [-0.05, 0) is 11.8 Å². The maximum Gasteiger partial charge on any atom is 0.303 e. The third kappa shape index (κ3) is 6.02. The van der Waals surface area contributed by atoms with Gasteiger partial charge in [-0.15, -0.1) is 0 Å². The summed E-state index contributed by atoms with van der Waals surface area (Å²) in [6.07, 6.45) is 6.64. The topological polar surface area (TPSA) is 83.5 Å². The first kappa shape index (κ1) is 14.4. The molecule has 0 radical (unpaired) electrons. The Morgan fingerprint density at radius 1 is 1.35 bits per heavy atom. The van der Waals surface area contributed by atoms with Crippen LogP contribution in [0.25, 0.3) is 0 Å². The molecule has 1 fully saturated rings. The van der Waals surface area contributed by atoms with Crippen LogP contribution in [0.1, 0.15) is 38.5 Å². The predicted molar refractivity (Wildman–Crippen MR) is 65.2 cm³/mol. The van der Waals surface area contributed by atoms with Gasteiger partial charge < -0.3 is 5.11 Å². The quantitative estimate of drug-likeness (QED) is 0.754. The van der Waals surface area contributed by atoms with Gasteiger partial charge >= 0.3 is 5.97 Å². The molecule has 0 aliphatic heterocycles. The number of nitrogens with one attached hydrogen (secondary N) is 1. The van der Waals surface area contributed by atoms with Crippen LogP contribution in [-0.2, 0) is 14.8 Å². The lowest BCUT2D eigenvalue weighted by atomic mass is 9.78. The Balaban J connectivity index is 2.55. The minimum Gasteiger partial charge on any atom is -0.481 e. The van der Waals surface area contributed by atoms with Crippen molar-refractivity contribution >= 4 is 16.0 Å². The van der Waals surface area contributed by atoms with Crippen molar-refractivity contribution in [1.82, 2.24) is 4.72 Å². The Kier molecular flexibility index (Phi) is 5.39. The van der Waals surface area contributed by atoms with Crippen molar-refractivity contribution in [3.8, 4) is 0 Å². The third-order valence-corrected chi connectivity index (χ3v) is 4.05. The summed E-state index contributed by atoms with van der Waals surface area (Å²) in [7, 11) is -3.24. The highest BCUT2D eigenvalue weighted by Gasteiger charge is 2.26. The van der Waals surface area contributed by atoms with Crippen molar-refractivity contribution in [2.45, 2.75) is 38.5 Å². The second-order valence-electron chi connectivity index (χ2n) is 4.88. The number of hydrogen-bond acceptors (Lipinski definition) is 3. The van der Waals surface area contributed by atoms with E-state index in [2.05, 4.69) is 4.72 Å². The van der Waals surface area contributed by atoms with Crippen LogP contribution in [0.4, 0.5) is 0 Å². The van der Waals surface area contributed by atoms with E-state index in [-0.39, 0.29) is 18.9 Å². The van der Waals surface area contributed by atoms with E-state index in [9.17, 15) is 13.2 Å². The summed E-state index contributed by atoms with van der Waals surface area (Å²) < 4.78 is 24.5.